The highest BCUT2D eigenvalue weighted by atomic mass is 127. The monoisotopic (exact) mass is 680 g/mol. The number of hydrazone groups is 1. The van der Waals surface area contributed by atoms with E-state index in [0.29, 0.717) is 29.4 Å². The molecule has 2 rings (SSSR count). The van der Waals surface area contributed by atoms with Crippen molar-refractivity contribution in [2.75, 3.05) is 0 Å². The van der Waals surface area contributed by atoms with Gasteiger partial charge < -0.3 is 4.74 Å². The van der Waals surface area contributed by atoms with Gasteiger partial charge in [-0.3, -0.25) is 0 Å². The zero-order chi connectivity index (χ0) is 22.7. The molecule has 0 aliphatic heterocycles. The maximum absolute atomic E-state index is 13.3. The van der Waals surface area contributed by atoms with E-state index in [-0.39, 0.29) is 17.9 Å². The summed E-state index contributed by atoms with van der Waals surface area (Å²) in [5, 5.41) is 3.31. The number of nitrogens with one attached hydrogen (secondary N) is 1. The lowest BCUT2D eigenvalue weighted by molar-refractivity contribution is -0.361. The first-order chi connectivity index (χ1) is 13.8. The predicted octanol–water partition coefficient (Wildman–Crippen LogP) is 6.84. The van der Waals surface area contributed by atoms with Gasteiger partial charge >= 0.3 is 18.1 Å². The Kier molecular flexibility index (Phi) is 8.10. The fourth-order valence-corrected chi connectivity index (χ4v) is 4.26. The predicted molar refractivity (Wildman–Crippen MR) is 114 cm³/mol. The standard InChI is InChI=1S/C17H10ClF7I2N2O/c18-12-4-2-1-3-9(12)8-30-14-10(5-11(26)6-13(14)27)7-28-29-17(24,25)15(19,20)16(21,22)23/h1-7,29H,8H2/b28-7-. The number of hydrogen-bond acceptors (Lipinski definition) is 3. The number of hydrogen-bond donors (Lipinski definition) is 1. The van der Waals surface area contributed by atoms with Crippen LogP contribution in [0.15, 0.2) is 41.5 Å². The molecule has 2 aromatic rings. The van der Waals surface area contributed by atoms with Crippen molar-refractivity contribution >= 4 is 63.0 Å². The van der Waals surface area contributed by atoms with Crippen molar-refractivity contribution in [3.63, 3.8) is 0 Å². The van der Waals surface area contributed by atoms with Gasteiger partial charge in [0, 0.05) is 19.7 Å². The summed E-state index contributed by atoms with van der Waals surface area (Å²) in [6.07, 6.45) is -5.79. The first kappa shape index (κ1) is 25.2. The van der Waals surface area contributed by atoms with Gasteiger partial charge in [-0.1, -0.05) is 29.8 Å². The summed E-state index contributed by atoms with van der Waals surface area (Å²) < 4.78 is 95.9. The van der Waals surface area contributed by atoms with E-state index in [9.17, 15) is 30.7 Å². The average molecular weight is 681 g/mol. The van der Waals surface area contributed by atoms with Gasteiger partial charge in [-0.15, -0.1) is 0 Å². The van der Waals surface area contributed by atoms with Crippen molar-refractivity contribution in [3.05, 3.63) is 59.7 Å². The third-order valence-electron chi connectivity index (χ3n) is 3.53. The third-order valence-corrected chi connectivity index (χ3v) is 5.32. The molecule has 0 amide bonds. The molecule has 0 aliphatic carbocycles. The quantitative estimate of drug-likeness (QED) is 0.114. The molecule has 2 aromatic carbocycles. The Hall–Kier alpha value is -1.03. The van der Waals surface area contributed by atoms with E-state index < -0.39 is 18.1 Å². The molecular weight excluding hydrogens is 670 g/mol. The zero-order valence-electron chi connectivity index (χ0n) is 14.4. The minimum Gasteiger partial charge on any atom is -0.487 e. The Balaban J connectivity index is 2.26. The molecule has 3 nitrogen and oxygen atoms in total. The molecule has 0 bridgehead atoms. The molecular formula is C17H10ClF7I2N2O. The molecule has 0 atom stereocenters. The highest BCUT2D eigenvalue weighted by Crippen LogP contribution is 2.45. The van der Waals surface area contributed by atoms with E-state index >= 15 is 0 Å². The maximum Gasteiger partial charge on any atom is 0.462 e. The fraction of sp³-hybridized carbons (Fsp3) is 0.235. The highest BCUT2D eigenvalue weighted by molar-refractivity contribution is 14.1. The molecule has 0 saturated carbocycles. The van der Waals surface area contributed by atoms with Gasteiger partial charge in [0.25, 0.3) is 0 Å². The van der Waals surface area contributed by atoms with Gasteiger partial charge in [-0.2, -0.15) is 35.8 Å². The number of halogens is 10. The summed E-state index contributed by atoms with van der Waals surface area (Å²) in [5.74, 6) is -6.16. The lowest BCUT2D eigenvalue weighted by Crippen LogP contribution is -2.58. The SMILES string of the molecule is FC(F)(F)C(F)(F)C(F)(F)N/N=C\c1cc(I)cc(I)c1OCc1ccccc1Cl. The summed E-state index contributed by atoms with van der Waals surface area (Å²) in [7, 11) is 0. The highest BCUT2D eigenvalue weighted by Gasteiger charge is 2.73. The van der Waals surface area contributed by atoms with Gasteiger partial charge in [-0.25, -0.2) is 5.43 Å². The second kappa shape index (κ2) is 9.63. The van der Waals surface area contributed by atoms with Crippen LogP contribution in [0.25, 0.3) is 0 Å². The smallest absolute Gasteiger partial charge is 0.462 e. The van der Waals surface area contributed by atoms with Crippen LogP contribution in [0.2, 0.25) is 5.02 Å². The van der Waals surface area contributed by atoms with Gasteiger partial charge in [-0.05, 0) is 63.4 Å². The van der Waals surface area contributed by atoms with Gasteiger partial charge in [0.15, 0.2) is 0 Å². The van der Waals surface area contributed by atoms with Crippen LogP contribution in [0, 0.1) is 7.14 Å². The molecule has 13 heteroatoms. The summed E-state index contributed by atoms with van der Waals surface area (Å²) in [4.78, 5) is 0. The van der Waals surface area contributed by atoms with Gasteiger partial charge in [0.2, 0.25) is 0 Å². The van der Waals surface area contributed by atoms with Crippen LogP contribution in [-0.2, 0) is 6.61 Å². The number of rotatable bonds is 7. The van der Waals surface area contributed by atoms with Crippen LogP contribution in [-0.4, -0.2) is 24.4 Å². The molecule has 0 spiro atoms. The van der Waals surface area contributed by atoms with E-state index in [0.717, 1.165) is 0 Å². The number of ether oxygens (including phenoxy) is 1. The van der Waals surface area contributed by atoms with Crippen LogP contribution in [0.4, 0.5) is 30.7 Å². The Morgan fingerprint density at radius 2 is 1.67 bits per heavy atom. The van der Waals surface area contributed by atoms with E-state index in [4.69, 9.17) is 16.3 Å². The van der Waals surface area contributed by atoms with Crippen molar-refractivity contribution < 1.29 is 35.5 Å². The normalized spacial score (nSPS) is 13.0. The molecule has 0 radical (unpaired) electrons. The van der Waals surface area contributed by atoms with E-state index in [1.54, 1.807) is 30.3 Å². The first-order valence-corrected chi connectivity index (χ1v) is 10.3. The molecule has 164 valence electrons. The number of benzene rings is 2. The topological polar surface area (TPSA) is 33.6 Å². The van der Waals surface area contributed by atoms with Crippen molar-refractivity contribution in [1.82, 2.24) is 5.43 Å². The van der Waals surface area contributed by atoms with E-state index in [1.165, 1.54) is 6.07 Å². The zero-order valence-corrected chi connectivity index (χ0v) is 19.5. The van der Waals surface area contributed by atoms with Crippen LogP contribution < -0.4 is 10.2 Å². The third kappa shape index (κ3) is 5.81. The van der Waals surface area contributed by atoms with Crippen molar-refractivity contribution in [2.45, 2.75) is 24.8 Å². The first-order valence-electron chi connectivity index (χ1n) is 7.74. The summed E-state index contributed by atoms with van der Waals surface area (Å²) in [6.45, 7) is -0.00710. The Morgan fingerprint density at radius 3 is 2.27 bits per heavy atom. The molecule has 0 saturated heterocycles. The Morgan fingerprint density at radius 1 is 1.03 bits per heavy atom. The molecule has 30 heavy (non-hydrogen) atoms. The van der Waals surface area contributed by atoms with E-state index in [1.807, 2.05) is 45.2 Å². The summed E-state index contributed by atoms with van der Waals surface area (Å²) >= 11 is 9.84. The van der Waals surface area contributed by atoms with Crippen LogP contribution in [0.5, 0.6) is 5.75 Å². The molecule has 0 unspecified atom stereocenters. The lowest BCUT2D eigenvalue weighted by Gasteiger charge is -2.27. The Labute approximate surface area is 198 Å². The summed E-state index contributed by atoms with van der Waals surface area (Å²) in [6, 6.07) is 4.21. The Bertz CT molecular complexity index is 939. The minimum atomic E-state index is -6.46. The second-order valence-electron chi connectivity index (χ2n) is 5.70. The number of nitrogens with zero attached hydrogens (tertiary/aromatic N) is 1. The fourth-order valence-electron chi connectivity index (χ4n) is 2.02. The molecule has 0 aliphatic rings. The van der Waals surface area contributed by atoms with Gasteiger partial charge in [0.1, 0.15) is 12.4 Å². The van der Waals surface area contributed by atoms with Crippen molar-refractivity contribution in [1.29, 1.82) is 0 Å². The lowest BCUT2D eigenvalue weighted by atomic mass is 10.2. The molecule has 0 heterocycles. The van der Waals surface area contributed by atoms with Crippen LogP contribution >= 0.6 is 56.8 Å². The van der Waals surface area contributed by atoms with Crippen LogP contribution in [0.3, 0.4) is 0 Å². The van der Waals surface area contributed by atoms with Crippen molar-refractivity contribution in [3.8, 4) is 5.75 Å². The largest absolute Gasteiger partial charge is 0.487 e. The molecule has 1 N–H and O–H groups in total. The minimum absolute atomic E-state index is 0.00710. The summed E-state index contributed by atoms with van der Waals surface area (Å²) in [5.41, 5.74) is 1.29. The number of alkyl halides is 7. The average Bonchev–Trinajstić information content (AvgIpc) is 2.61. The van der Waals surface area contributed by atoms with Gasteiger partial charge in [0.05, 0.1) is 9.78 Å². The maximum atomic E-state index is 13.3. The molecule has 0 aromatic heterocycles. The van der Waals surface area contributed by atoms with Crippen molar-refractivity contribution in [2.24, 2.45) is 5.10 Å². The van der Waals surface area contributed by atoms with E-state index in [2.05, 4.69) is 5.10 Å². The second-order valence-corrected chi connectivity index (χ2v) is 8.52. The molecule has 0 fully saturated rings. The van der Waals surface area contributed by atoms with Crippen LogP contribution in [0.1, 0.15) is 11.1 Å².